The molecule has 2 atom stereocenters. The quantitative estimate of drug-likeness (QED) is 0.891. The van der Waals surface area contributed by atoms with Gasteiger partial charge in [0.1, 0.15) is 5.82 Å². The van der Waals surface area contributed by atoms with E-state index in [2.05, 4.69) is 12.2 Å². The van der Waals surface area contributed by atoms with Crippen molar-refractivity contribution in [2.24, 2.45) is 0 Å². The number of benzene rings is 2. The largest absolute Gasteiger partial charge is 0.334 e. The summed E-state index contributed by atoms with van der Waals surface area (Å²) in [7, 11) is 0. The topological polar surface area (TPSA) is 49.4 Å². The third-order valence-corrected chi connectivity index (χ3v) is 6.07. The number of nitrogens with one attached hydrogen (secondary N) is 1. The summed E-state index contributed by atoms with van der Waals surface area (Å²) in [6, 6.07) is 12.1. The lowest BCUT2D eigenvalue weighted by Crippen LogP contribution is -2.48. The van der Waals surface area contributed by atoms with Crippen LogP contribution in [0.5, 0.6) is 0 Å². The van der Waals surface area contributed by atoms with Crippen molar-refractivity contribution in [3.63, 3.8) is 0 Å². The first kappa shape index (κ1) is 17.7. The average Bonchev–Trinajstić information content (AvgIpc) is 3.17. The summed E-state index contributed by atoms with van der Waals surface area (Å²) in [5.41, 5.74) is 1.82. The lowest BCUT2D eigenvalue weighted by molar-refractivity contribution is -0.121. The smallest absolute Gasteiger partial charge is 0.254 e. The van der Waals surface area contributed by atoms with Crippen molar-refractivity contribution in [2.45, 2.75) is 44.6 Å². The van der Waals surface area contributed by atoms with E-state index in [4.69, 9.17) is 0 Å². The number of carbonyl (C=O) groups excluding carboxylic acids is 2. The van der Waals surface area contributed by atoms with Gasteiger partial charge in [-0.1, -0.05) is 37.6 Å². The Kier molecular flexibility index (Phi) is 4.25. The number of carbonyl (C=O) groups is 2. The Hall–Kier alpha value is -2.69. The van der Waals surface area contributed by atoms with Gasteiger partial charge in [0.25, 0.3) is 5.91 Å². The van der Waals surface area contributed by atoms with Gasteiger partial charge in [0.05, 0.1) is 11.5 Å². The number of likely N-dealkylation sites (tertiary alicyclic amines) is 1. The minimum absolute atomic E-state index is 0.0339. The van der Waals surface area contributed by atoms with E-state index in [0.717, 1.165) is 24.1 Å². The van der Waals surface area contributed by atoms with Gasteiger partial charge in [0, 0.05) is 17.8 Å². The summed E-state index contributed by atoms with van der Waals surface area (Å²) >= 11 is 0. The highest BCUT2D eigenvalue weighted by Gasteiger charge is 2.58. The normalized spacial score (nSPS) is 23.6. The molecule has 1 saturated heterocycles. The Balaban J connectivity index is 1.78. The second kappa shape index (κ2) is 6.48. The fourth-order valence-corrected chi connectivity index (χ4v) is 4.71. The number of halogens is 1. The SMILES string of the molecule is CCC[C@@H]1N(C(=O)c2cccc(F)c2C)CC[C@@]12C(=O)Nc1ccccc12. The van der Waals surface area contributed by atoms with Crippen molar-refractivity contribution < 1.29 is 14.0 Å². The van der Waals surface area contributed by atoms with Crippen LogP contribution in [0.1, 0.15) is 47.7 Å². The van der Waals surface area contributed by atoms with E-state index in [1.165, 1.54) is 6.07 Å². The monoisotopic (exact) mass is 366 g/mol. The predicted octanol–water partition coefficient (Wildman–Crippen LogP) is 4.04. The molecule has 0 unspecified atom stereocenters. The zero-order valence-corrected chi connectivity index (χ0v) is 15.6. The van der Waals surface area contributed by atoms with Crippen LogP contribution in [0, 0.1) is 12.7 Å². The van der Waals surface area contributed by atoms with Crippen molar-refractivity contribution in [1.29, 1.82) is 0 Å². The molecule has 0 saturated carbocycles. The second-order valence-corrected chi connectivity index (χ2v) is 7.44. The lowest BCUT2D eigenvalue weighted by Gasteiger charge is -2.34. The van der Waals surface area contributed by atoms with Gasteiger partial charge in [0.15, 0.2) is 0 Å². The summed E-state index contributed by atoms with van der Waals surface area (Å²) < 4.78 is 14.0. The van der Waals surface area contributed by atoms with Gasteiger partial charge in [0.2, 0.25) is 5.91 Å². The third-order valence-electron chi connectivity index (χ3n) is 6.07. The molecular formula is C22H23FN2O2. The Labute approximate surface area is 158 Å². The molecule has 2 aliphatic heterocycles. The van der Waals surface area contributed by atoms with E-state index < -0.39 is 5.41 Å². The van der Waals surface area contributed by atoms with Crippen LogP contribution in [-0.4, -0.2) is 29.3 Å². The van der Waals surface area contributed by atoms with E-state index in [0.29, 0.717) is 24.1 Å². The van der Waals surface area contributed by atoms with E-state index in [1.54, 1.807) is 24.0 Å². The standard InChI is InChI=1S/C22H23FN2O2/c1-3-7-19-22(16-9-4-5-11-18(16)24-21(22)27)12-13-25(19)20(26)15-8-6-10-17(23)14(15)2/h4-6,8-11,19H,3,7,12-13H2,1-2H3,(H,24,27)/t19-,22-/m0/s1. The third kappa shape index (κ3) is 2.48. The number of para-hydroxylation sites is 1. The summed E-state index contributed by atoms with van der Waals surface area (Å²) in [6.07, 6.45) is 2.16. The van der Waals surface area contributed by atoms with Crippen LogP contribution in [0.25, 0.3) is 0 Å². The van der Waals surface area contributed by atoms with Crippen molar-refractivity contribution >= 4 is 17.5 Å². The predicted molar refractivity (Wildman–Crippen MR) is 102 cm³/mol. The highest BCUT2D eigenvalue weighted by molar-refractivity contribution is 6.08. The Morgan fingerprint density at radius 3 is 2.81 bits per heavy atom. The number of hydrogen-bond donors (Lipinski definition) is 1. The molecule has 0 aromatic heterocycles. The van der Waals surface area contributed by atoms with Crippen LogP contribution >= 0.6 is 0 Å². The molecule has 27 heavy (non-hydrogen) atoms. The number of nitrogens with zero attached hydrogens (tertiary/aromatic N) is 1. The summed E-state index contributed by atoms with van der Waals surface area (Å²) in [6.45, 7) is 4.17. The van der Waals surface area contributed by atoms with E-state index in [-0.39, 0.29) is 23.7 Å². The highest BCUT2D eigenvalue weighted by atomic mass is 19.1. The van der Waals surface area contributed by atoms with Crippen LogP contribution in [0.4, 0.5) is 10.1 Å². The molecule has 140 valence electrons. The average molecular weight is 366 g/mol. The van der Waals surface area contributed by atoms with Crippen molar-refractivity contribution in [1.82, 2.24) is 4.90 Å². The Bertz CT molecular complexity index is 926. The molecule has 5 heteroatoms. The van der Waals surface area contributed by atoms with Gasteiger partial charge in [-0.25, -0.2) is 4.39 Å². The molecule has 1 fully saturated rings. The number of fused-ring (bicyclic) bond motifs is 2. The first-order chi connectivity index (χ1) is 13.0. The van der Waals surface area contributed by atoms with Gasteiger partial charge in [-0.3, -0.25) is 9.59 Å². The molecule has 0 radical (unpaired) electrons. The van der Waals surface area contributed by atoms with Crippen molar-refractivity contribution in [2.75, 3.05) is 11.9 Å². The lowest BCUT2D eigenvalue weighted by atomic mass is 9.73. The molecule has 2 heterocycles. The van der Waals surface area contributed by atoms with Crippen LogP contribution in [-0.2, 0) is 10.2 Å². The highest BCUT2D eigenvalue weighted by Crippen LogP contribution is 2.49. The first-order valence-corrected chi connectivity index (χ1v) is 9.47. The van der Waals surface area contributed by atoms with Crippen molar-refractivity contribution in [3.05, 3.63) is 65.0 Å². The zero-order chi connectivity index (χ0) is 19.2. The van der Waals surface area contributed by atoms with Crippen LogP contribution in [0.15, 0.2) is 42.5 Å². The molecule has 0 bridgehead atoms. The second-order valence-electron chi connectivity index (χ2n) is 7.44. The van der Waals surface area contributed by atoms with Gasteiger partial charge in [-0.2, -0.15) is 0 Å². The van der Waals surface area contributed by atoms with E-state index in [9.17, 15) is 14.0 Å². The molecule has 1 spiro atoms. The van der Waals surface area contributed by atoms with Gasteiger partial charge >= 0.3 is 0 Å². The van der Waals surface area contributed by atoms with Crippen LogP contribution in [0.2, 0.25) is 0 Å². The van der Waals surface area contributed by atoms with E-state index in [1.807, 2.05) is 24.3 Å². The summed E-state index contributed by atoms with van der Waals surface area (Å²) in [5, 5.41) is 3.00. The minimum Gasteiger partial charge on any atom is -0.334 e. The minimum atomic E-state index is -0.719. The molecule has 2 aromatic carbocycles. The number of hydrogen-bond acceptors (Lipinski definition) is 2. The molecule has 4 nitrogen and oxygen atoms in total. The zero-order valence-electron chi connectivity index (χ0n) is 15.6. The number of amides is 2. The maximum absolute atomic E-state index is 14.0. The Morgan fingerprint density at radius 1 is 1.26 bits per heavy atom. The molecule has 1 N–H and O–H groups in total. The molecule has 2 aromatic rings. The van der Waals surface area contributed by atoms with Gasteiger partial charge in [-0.15, -0.1) is 0 Å². The summed E-state index contributed by atoms with van der Waals surface area (Å²) in [4.78, 5) is 28.1. The van der Waals surface area contributed by atoms with E-state index >= 15 is 0 Å². The molecule has 0 aliphatic carbocycles. The number of rotatable bonds is 3. The fraction of sp³-hybridized carbons (Fsp3) is 0.364. The molecule has 4 rings (SSSR count). The molecule has 2 aliphatic rings. The van der Waals surface area contributed by atoms with Crippen molar-refractivity contribution in [3.8, 4) is 0 Å². The van der Waals surface area contributed by atoms with Gasteiger partial charge in [-0.05, 0) is 49.1 Å². The fourth-order valence-electron chi connectivity index (χ4n) is 4.71. The summed E-state index contributed by atoms with van der Waals surface area (Å²) in [5.74, 6) is -0.612. The number of anilines is 1. The van der Waals surface area contributed by atoms with Gasteiger partial charge < -0.3 is 10.2 Å². The first-order valence-electron chi connectivity index (χ1n) is 9.47. The maximum atomic E-state index is 14.0. The molecule has 2 amide bonds. The molecular weight excluding hydrogens is 343 g/mol. The van der Waals surface area contributed by atoms with Crippen LogP contribution < -0.4 is 5.32 Å². The Morgan fingerprint density at radius 2 is 2.04 bits per heavy atom. The van der Waals surface area contributed by atoms with Crippen LogP contribution in [0.3, 0.4) is 0 Å². The maximum Gasteiger partial charge on any atom is 0.254 e.